The fourth-order valence-electron chi connectivity index (χ4n) is 4.94. The molecule has 2 aromatic heterocycles. The predicted molar refractivity (Wildman–Crippen MR) is 136 cm³/mol. The number of anilines is 2. The van der Waals surface area contributed by atoms with Gasteiger partial charge in [0.05, 0.1) is 24.4 Å². The average Bonchev–Trinajstić information content (AvgIpc) is 3.38. The molecule has 2 fully saturated rings. The van der Waals surface area contributed by atoms with Gasteiger partial charge in [0.1, 0.15) is 23.9 Å². The van der Waals surface area contributed by atoms with E-state index in [-0.39, 0.29) is 17.2 Å². The lowest BCUT2D eigenvalue weighted by Gasteiger charge is -2.29. The van der Waals surface area contributed by atoms with Crippen LogP contribution in [-0.4, -0.2) is 63.8 Å². The van der Waals surface area contributed by atoms with Gasteiger partial charge in [0.2, 0.25) is 5.91 Å². The van der Waals surface area contributed by atoms with E-state index in [0.717, 1.165) is 25.2 Å². The number of ether oxygens (including phenoxy) is 1. The summed E-state index contributed by atoms with van der Waals surface area (Å²) in [6.45, 7) is 3.46. The van der Waals surface area contributed by atoms with Crippen LogP contribution >= 0.6 is 0 Å². The molecule has 188 valence electrons. The maximum Gasteiger partial charge on any atom is 0.228 e. The Kier molecular flexibility index (Phi) is 6.19. The molecule has 0 bridgehead atoms. The molecule has 2 aliphatic heterocycles. The fourth-order valence-corrected chi connectivity index (χ4v) is 4.94. The van der Waals surface area contributed by atoms with Crippen LogP contribution in [-0.2, 0) is 9.53 Å². The SMILES string of the molecule is O=C1CCCN1c1nccnc1C(O)c1ccc(F)c(-c2ncnc3cc(N4CCOCC4)ccc23)c1. The normalized spacial score (nSPS) is 17.0. The van der Waals surface area contributed by atoms with Gasteiger partial charge < -0.3 is 14.7 Å². The number of rotatable bonds is 5. The summed E-state index contributed by atoms with van der Waals surface area (Å²) in [5.74, 6) is -0.202. The fraction of sp³-hybridized carbons (Fsp3) is 0.296. The van der Waals surface area contributed by atoms with E-state index >= 15 is 4.39 Å². The smallest absolute Gasteiger partial charge is 0.228 e. The van der Waals surface area contributed by atoms with Gasteiger partial charge in [0.25, 0.3) is 0 Å². The number of halogens is 1. The van der Waals surface area contributed by atoms with Gasteiger partial charge in [-0.25, -0.2) is 19.3 Å². The van der Waals surface area contributed by atoms with Crippen molar-refractivity contribution in [3.63, 3.8) is 0 Å². The van der Waals surface area contributed by atoms with Crippen LogP contribution in [0.5, 0.6) is 0 Å². The Hall–Kier alpha value is -4.02. The Morgan fingerprint density at radius 1 is 0.973 bits per heavy atom. The molecule has 10 heteroatoms. The second-order valence-electron chi connectivity index (χ2n) is 9.08. The van der Waals surface area contributed by atoms with Crippen molar-refractivity contribution in [3.05, 3.63) is 72.2 Å². The van der Waals surface area contributed by atoms with Crippen LogP contribution in [0.4, 0.5) is 15.9 Å². The van der Waals surface area contributed by atoms with Gasteiger partial charge in [0.15, 0.2) is 5.82 Å². The Morgan fingerprint density at radius 3 is 2.62 bits per heavy atom. The number of hydrogen-bond acceptors (Lipinski definition) is 8. The van der Waals surface area contributed by atoms with Gasteiger partial charge in [-0.05, 0) is 42.3 Å². The van der Waals surface area contributed by atoms with Crippen molar-refractivity contribution in [3.8, 4) is 11.3 Å². The van der Waals surface area contributed by atoms with Crippen molar-refractivity contribution in [2.24, 2.45) is 0 Å². The molecule has 9 nitrogen and oxygen atoms in total. The number of aliphatic hydroxyl groups excluding tert-OH is 1. The average molecular weight is 501 g/mol. The monoisotopic (exact) mass is 500 g/mol. The molecule has 0 aliphatic carbocycles. The van der Waals surface area contributed by atoms with Crippen LogP contribution in [0.25, 0.3) is 22.2 Å². The van der Waals surface area contributed by atoms with E-state index in [4.69, 9.17) is 4.74 Å². The Labute approximate surface area is 212 Å². The number of hydrogen-bond donors (Lipinski definition) is 1. The number of morpholine rings is 1. The van der Waals surface area contributed by atoms with Crippen molar-refractivity contribution in [2.45, 2.75) is 18.9 Å². The molecule has 6 rings (SSSR count). The zero-order valence-corrected chi connectivity index (χ0v) is 20.0. The van der Waals surface area contributed by atoms with Gasteiger partial charge in [-0.15, -0.1) is 0 Å². The summed E-state index contributed by atoms with van der Waals surface area (Å²) in [6.07, 6.45) is 4.32. The lowest BCUT2D eigenvalue weighted by Crippen LogP contribution is -2.36. The van der Waals surface area contributed by atoms with E-state index in [1.807, 2.05) is 18.2 Å². The van der Waals surface area contributed by atoms with Crippen LogP contribution in [0.1, 0.15) is 30.2 Å². The van der Waals surface area contributed by atoms with Crippen molar-refractivity contribution in [1.82, 2.24) is 19.9 Å². The van der Waals surface area contributed by atoms with Crippen LogP contribution in [0.15, 0.2) is 55.1 Å². The van der Waals surface area contributed by atoms with Crippen molar-refractivity contribution in [2.75, 3.05) is 42.6 Å². The van der Waals surface area contributed by atoms with E-state index in [0.29, 0.717) is 54.2 Å². The molecule has 4 aromatic rings. The third-order valence-corrected chi connectivity index (χ3v) is 6.85. The molecule has 2 aliphatic rings. The number of aromatic nitrogens is 4. The quantitative estimate of drug-likeness (QED) is 0.445. The molecule has 0 spiro atoms. The molecule has 37 heavy (non-hydrogen) atoms. The Balaban J connectivity index is 1.38. The molecule has 0 saturated carbocycles. The van der Waals surface area contributed by atoms with E-state index in [9.17, 15) is 9.90 Å². The highest BCUT2D eigenvalue weighted by Crippen LogP contribution is 2.35. The lowest BCUT2D eigenvalue weighted by atomic mass is 9.99. The number of fused-ring (bicyclic) bond motifs is 1. The number of amides is 1. The largest absolute Gasteiger partial charge is 0.382 e. The maximum absolute atomic E-state index is 15.2. The van der Waals surface area contributed by atoms with Gasteiger partial charge in [0, 0.05) is 55.1 Å². The van der Waals surface area contributed by atoms with E-state index in [1.54, 1.807) is 11.0 Å². The number of nitrogens with zero attached hydrogens (tertiary/aromatic N) is 6. The third kappa shape index (κ3) is 4.38. The first-order chi connectivity index (χ1) is 18.1. The minimum absolute atomic E-state index is 0.0577. The molecule has 1 unspecified atom stereocenters. The molecule has 1 atom stereocenters. The first-order valence-corrected chi connectivity index (χ1v) is 12.3. The Bertz CT molecular complexity index is 1480. The highest BCUT2D eigenvalue weighted by molar-refractivity contribution is 5.95. The van der Waals surface area contributed by atoms with Crippen LogP contribution in [0.2, 0.25) is 0 Å². The highest BCUT2D eigenvalue weighted by atomic mass is 19.1. The number of benzene rings is 2. The minimum Gasteiger partial charge on any atom is -0.382 e. The summed E-state index contributed by atoms with van der Waals surface area (Å²) in [7, 11) is 0. The number of aliphatic hydroxyl groups is 1. The lowest BCUT2D eigenvalue weighted by molar-refractivity contribution is -0.117. The minimum atomic E-state index is -1.21. The van der Waals surface area contributed by atoms with Crippen LogP contribution in [0.3, 0.4) is 0 Å². The molecule has 1 N–H and O–H groups in total. The third-order valence-electron chi connectivity index (χ3n) is 6.85. The Morgan fingerprint density at radius 2 is 1.81 bits per heavy atom. The summed E-state index contributed by atoms with van der Waals surface area (Å²) in [5, 5.41) is 12.0. The summed E-state index contributed by atoms with van der Waals surface area (Å²) >= 11 is 0. The maximum atomic E-state index is 15.2. The number of carbonyl (C=O) groups excluding carboxylic acids is 1. The van der Waals surface area contributed by atoms with Crippen molar-refractivity contribution >= 4 is 28.3 Å². The van der Waals surface area contributed by atoms with E-state index < -0.39 is 11.9 Å². The zero-order valence-electron chi connectivity index (χ0n) is 20.0. The second kappa shape index (κ2) is 9.79. The molecular formula is C27H25FN6O3. The van der Waals surface area contributed by atoms with Crippen molar-refractivity contribution < 1.29 is 19.0 Å². The van der Waals surface area contributed by atoms with Gasteiger partial charge in [-0.3, -0.25) is 14.7 Å². The predicted octanol–water partition coefficient (Wildman–Crippen LogP) is 3.27. The van der Waals surface area contributed by atoms with Gasteiger partial charge >= 0.3 is 0 Å². The standard InChI is InChI=1S/C27H25FN6O3/c28-21-6-3-17(26(36)25-27(30-8-7-29-25)34-9-1-2-23(34)35)14-20(21)24-19-5-4-18(15-22(19)31-16-32-24)33-10-12-37-13-11-33/h3-8,14-16,26,36H,1-2,9-13H2. The molecule has 4 heterocycles. The second-order valence-corrected chi connectivity index (χ2v) is 9.08. The topological polar surface area (TPSA) is 105 Å². The summed E-state index contributed by atoms with van der Waals surface area (Å²) in [5.41, 5.74) is 3.06. The van der Waals surface area contributed by atoms with Gasteiger partial charge in [-0.1, -0.05) is 6.07 Å². The zero-order chi connectivity index (χ0) is 25.4. The van der Waals surface area contributed by atoms with E-state index in [2.05, 4.69) is 24.8 Å². The summed E-state index contributed by atoms with van der Waals surface area (Å²) in [6, 6.07) is 10.2. The summed E-state index contributed by atoms with van der Waals surface area (Å²) < 4.78 is 20.6. The summed E-state index contributed by atoms with van der Waals surface area (Å²) in [4.78, 5) is 33.6. The molecule has 2 aromatic carbocycles. The molecular weight excluding hydrogens is 475 g/mol. The highest BCUT2D eigenvalue weighted by Gasteiger charge is 2.29. The van der Waals surface area contributed by atoms with Crippen molar-refractivity contribution in [1.29, 1.82) is 0 Å². The van der Waals surface area contributed by atoms with Crippen LogP contribution in [0, 0.1) is 5.82 Å². The molecule has 2 saturated heterocycles. The first-order valence-electron chi connectivity index (χ1n) is 12.3. The molecule has 0 radical (unpaired) electrons. The van der Waals surface area contributed by atoms with Gasteiger partial charge in [-0.2, -0.15) is 0 Å². The van der Waals surface area contributed by atoms with E-state index in [1.165, 1.54) is 30.9 Å². The first kappa shape index (κ1) is 23.4. The molecule has 1 amide bonds. The van der Waals surface area contributed by atoms with Crippen LogP contribution < -0.4 is 9.80 Å². The number of carbonyl (C=O) groups is 1.